The molecular formula is C21H19N5O3. The molecule has 0 spiro atoms. The molecule has 3 aromatic rings. The number of hydrogen-bond donors (Lipinski definition) is 1. The molecule has 1 saturated heterocycles. The maximum atomic E-state index is 12.4. The second kappa shape index (κ2) is 8.05. The van der Waals surface area contributed by atoms with Gasteiger partial charge in [-0.25, -0.2) is 0 Å². The van der Waals surface area contributed by atoms with E-state index in [1.807, 2.05) is 30.3 Å². The Kier molecular flexibility index (Phi) is 5.15. The van der Waals surface area contributed by atoms with Crippen LogP contribution in [0.15, 0.2) is 60.7 Å². The van der Waals surface area contributed by atoms with Crippen molar-refractivity contribution in [1.29, 1.82) is 0 Å². The lowest BCUT2D eigenvalue weighted by Crippen LogP contribution is -2.19. The van der Waals surface area contributed by atoms with Crippen LogP contribution in [0.4, 0.5) is 17.2 Å². The smallest absolute Gasteiger partial charge is 0.269 e. The highest BCUT2D eigenvalue weighted by atomic mass is 16.6. The fourth-order valence-electron chi connectivity index (χ4n) is 3.29. The van der Waals surface area contributed by atoms with Gasteiger partial charge in [-0.3, -0.25) is 14.9 Å². The maximum Gasteiger partial charge on any atom is 0.269 e. The summed E-state index contributed by atoms with van der Waals surface area (Å²) in [6.45, 7) is 2.02. The summed E-state index contributed by atoms with van der Waals surface area (Å²) >= 11 is 0. The number of nitro benzene ring substituents is 1. The van der Waals surface area contributed by atoms with E-state index in [0.717, 1.165) is 30.2 Å². The minimum Gasteiger partial charge on any atom is -0.355 e. The Hall–Kier alpha value is -3.81. The van der Waals surface area contributed by atoms with Crippen molar-refractivity contribution in [2.45, 2.75) is 12.8 Å². The van der Waals surface area contributed by atoms with Gasteiger partial charge in [-0.1, -0.05) is 12.1 Å². The molecule has 0 bridgehead atoms. The summed E-state index contributed by atoms with van der Waals surface area (Å²) in [5, 5.41) is 22.2. The summed E-state index contributed by atoms with van der Waals surface area (Å²) in [5.41, 5.74) is 2.46. The fraction of sp³-hybridized carbons (Fsp3) is 0.190. The van der Waals surface area contributed by atoms with E-state index in [1.54, 1.807) is 6.07 Å². The van der Waals surface area contributed by atoms with Gasteiger partial charge in [0.25, 0.3) is 11.6 Å². The summed E-state index contributed by atoms with van der Waals surface area (Å²) in [6, 6.07) is 16.7. The number of nitrogens with one attached hydrogen (secondary N) is 1. The first-order valence-electron chi connectivity index (χ1n) is 9.35. The van der Waals surface area contributed by atoms with E-state index in [-0.39, 0.29) is 11.6 Å². The maximum absolute atomic E-state index is 12.4. The zero-order chi connectivity index (χ0) is 20.2. The summed E-state index contributed by atoms with van der Waals surface area (Å²) < 4.78 is 0. The molecule has 1 N–H and O–H groups in total. The van der Waals surface area contributed by atoms with E-state index in [2.05, 4.69) is 20.4 Å². The lowest BCUT2D eigenvalue weighted by Gasteiger charge is -2.15. The molecule has 0 atom stereocenters. The van der Waals surface area contributed by atoms with Gasteiger partial charge >= 0.3 is 0 Å². The van der Waals surface area contributed by atoms with Crippen molar-refractivity contribution < 1.29 is 9.72 Å². The molecule has 8 heteroatoms. The Bertz CT molecular complexity index is 1030. The predicted molar refractivity (Wildman–Crippen MR) is 110 cm³/mol. The molecular weight excluding hydrogens is 370 g/mol. The van der Waals surface area contributed by atoms with E-state index < -0.39 is 4.92 Å². The zero-order valence-electron chi connectivity index (χ0n) is 15.6. The second-order valence-corrected chi connectivity index (χ2v) is 6.81. The predicted octanol–water partition coefficient (Wildman–Crippen LogP) is 3.90. The highest BCUT2D eigenvalue weighted by Gasteiger charge is 2.14. The van der Waals surface area contributed by atoms with Crippen LogP contribution in [0.5, 0.6) is 0 Å². The Balaban J connectivity index is 1.48. The number of non-ortho nitro benzene ring substituents is 1. The summed E-state index contributed by atoms with van der Waals surface area (Å²) in [6.07, 6.45) is 2.36. The number of aromatic nitrogens is 2. The highest BCUT2D eigenvalue weighted by Crippen LogP contribution is 2.23. The number of benzene rings is 2. The van der Waals surface area contributed by atoms with Crippen molar-refractivity contribution in [2.75, 3.05) is 23.3 Å². The monoisotopic (exact) mass is 389 g/mol. The Morgan fingerprint density at radius 2 is 1.76 bits per heavy atom. The SMILES string of the molecule is O=C(Nc1cccc(-c2ccc(N3CCCC3)nn2)c1)c1ccc([N+](=O)[O-])cc1. The highest BCUT2D eigenvalue weighted by molar-refractivity contribution is 6.04. The average Bonchev–Trinajstić information content (AvgIpc) is 3.29. The van der Waals surface area contributed by atoms with Crippen LogP contribution in [0.2, 0.25) is 0 Å². The van der Waals surface area contributed by atoms with Gasteiger partial charge in [0, 0.05) is 42.0 Å². The molecule has 0 aliphatic carbocycles. The Morgan fingerprint density at radius 3 is 2.41 bits per heavy atom. The third-order valence-corrected chi connectivity index (χ3v) is 4.84. The van der Waals surface area contributed by atoms with E-state index >= 15 is 0 Å². The number of nitro groups is 1. The van der Waals surface area contributed by atoms with Gasteiger partial charge < -0.3 is 10.2 Å². The van der Waals surface area contributed by atoms with Crippen LogP contribution in [-0.4, -0.2) is 34.1 Å². The molecule has 1 fully saturated rings. The number of hydrogen-bond acceptors (Lipinski definition) is 6. The van der Waals surface area contributed by atoms with Crippen molar-refractivity contribution in [3.05, 3.63) is 76.3 Å². The Labute approximate surface area is 167 Å². The minimum absolute atomic E-state index is 0.0560. The summed E-state index contributed by atoms with van der Waals surface area (Å²) in [7, 11) is 0. The average molecular weight is 389 g/mol. The molecule has 2 aromatic carbocycles. The van der Waals surface area contributed by atoms with E-state index in [1.165, 1.54) is 37.1 Å². The van der Waals surface area contributed by atoms with Crippen LogP contribution in [0, 0.1) is 10.1 Å². The molecule has 1 aromatic heterocycles. The third kappa shape index (κ3) is 4.21. The Morgan fingerprint density at radius 1 is 1.00 bits per heavy atom. The van der Waals surface area contributed by atoms with Crippen LogP contribution in [-0.2, 0) is 0 Å². The molecule has 8 nitrogen and oxygen atoms in total. The number of anilines is 2. The lowest BCUT2D eigenvalue weighted by atomic mass is 10.1. The van der Waals surface area contributed by atoms with Gasteiger partial charge in [0.15, 0.2) is 5.82 Å². The summed E-state index contributed by atoms with van der Waals surface area (Å²) in [5.74, 6) is 0.543. The first-order chi connectivity index (χ1) is 14.1. The number of carbonyl (C=O) groups excluding carboxylic acids is 1. The fourth-order valence-corrected chi connectivity index (χ4v) is 3.29. The number of rotatable bonds is 5. The van der Waals surface area contributed by atoms with Gasteiger partial charge in [0.05, 0.1) is 10.6 Å². The topological polar surface area (TPSA) is 101 Å². The van der Waals surface area contributed by atoms with Gasteiger partial charge in [-0.2, -0.15) is 0 Å². The van der Waals surface area contributed by atoms with E-state index in [0.29, 0.717) is 11.3 Å². The van der Waals surface area contributed by atoms with Gasteiger partial charge in [0.2, 0.25) is 0 Å². The minimum atomic E-state index is -0.499. The van der Waals surface area contributed by atoms with Crippen LogP contribution >= 0.6 is 0 Å². The van der Waals surface area contributed by atoms with E-state index in [4.69, 9.17) is 0 Å². The zero-order valence-corrected chi connectivity index (χ0v) is 15.6. The molecule has 1 aliphatic rings. The van der Waals surface area contributed by atoms with Gasteiger partial charge in [-0.15, -0.1) is 10.2 Å². The van der Waals surface area contributed by atoms with Gasteiger partial charge in [-0.05, 0) is 49.2 Å². The normalized spacial score (nSPS) is 13.3. The first kappa shape index (κ1) is 18.5. The van der Waals surface area contributed by atoms with Crippen LogP contribution in [0.3, 0.4) is 0 Å². The number of nitrogens with zero attached hydrogens (tertiary/aromatic N) is 4. The van der Waals surface area contributed by atoms with Crippen molar-refractivity contribution >= 4 is 23.1 Å². The molecule has 2 heterocycles. The lowest BCUT2D eigenvalue weighted by molar-refractivity contribution is -0.384. The largest absolute Gasteiger partial charge is 0.355 e. The molecule has 0 unspecified atom stereocenters. The number of carbonyl (C=O) groups is 1. The summed E-state index contributed by atoms with van der Waals surface area (Å²) in [4.78, 5) is 24.9. The van der Waals surface area contributed by atoms with E-state index in [9.17, 15) is 14.9 Å². The standard InChI is InChI=1S/C21H19N5O3/c27-21(15-6-8-18(9-7-15)26(28)29)22-17-5-3-4-16(14-17)19-10-11-20(24-23-19)25-12-1-2-13-25/h3-11,14H,1-2,12-13H2,(H,22,27). The van der Waals surface area contributed by atoms with Crippen molar-refractivity contribution in [2.24, 2.45) is 0 Å². The second-order valence-electron chi connectivity index (χ2n) is 6.81. The molecule has 29 heavy (non-hydrogen) atoms. The molecule has 1 amide bonds. The van der Waals surface area contributed by atoms with Crippen LogP contribution in [0.25, 0.3) is 11.3 Å². The number of amides is 1. The van der Waals surface area contributed by atoms with Crippen LogP contribution in [0.1, 0.15) is 23.2 Å². The van der Waals surface area contributed by atoms with Crippen molar-refractivity contribution in [3.63, 3.8) is 0 Å². The first-order valence-corrected chi connectivity index (χ1v) is 9.35. The molecule has 146 valence electrons. The van der Waals surface area contributed by atoms with Gasteiger partial charge in [0.1, 0.15) is 0 Å². The molecule has 4 rings (SSSR count). The molecule has 1 aliphatic heterocycles. The molecule has 0 radical (unpaired) electrons. The van der Waals surface area contributed by atoms with Crippen LogP contribution < -0.4 is 10.2 Å². The quantitative estimate of drug-likeness (QED) is 0.524. The molecule has 0 saturated carbocycles. The third-order valence-electron chi connectivity index (χ3n) is 4.84. The van der Waals surface area contributed by atoms with Crippen molar-refractivity contribution in [1.82, 2.24) is 10.2 Å². The van der Waals surface area contributed by atoms with Crippen molar-refractivity contribution in [3.8, 4) is 11.3 Å².